The maximum Gasteiger partial charge on any atom is 0.257 e. The molecule has 2 saturated heterocycles. The van der Waals surface area contributed by atoms with E-state index in [1.165, 1.54) is 0 Å². The number of rotatable bonds is 9. The number of ether oxygens (including phenoxy) is 2. The second kappa shape index (κ2) is 13.7. The smallest absolute Gasteiger partial charge is 0.257 e. The van der Waals surface area contributed by atoms with E-state index in [9.17, 15) is 37.0 Å². The summed E-state index contributed by atoms with van der Waals surface area (Å²) in [6.45, 7) is 3.23. The number of nitrogens with one attached hydrogen (secondary N) is 1. The van der Waals surface area contributed by atoms with Crippen molar-refractivity contribution in [1.29, 1.82) is 0 Å². The highest BCUT2D eigenvalue weighted by molar-refractivity contribution is 5.94. The van der Waals surface area contributed by atoms with E-state index in [4.69, 9.17) is 9.47 Å². The summed E-state index contributed by atoms with van der Waals surface area (Å²) in [5.74, 6) is -12.6. The fourth-order valence-corrected chi connectivity index (χ4v) is 5.77. The molecule has 2 aliphatic heterocycles. The molecule has 5 atom stereocenters. The normalized spacial score (nSPS) is 24.0. The Balaban J connectivity index is 1.32. The molecule has 0 unspecified atom stereocenters. The molecule has 0 aromatic heterocycles. The number of carbonyl (C=O) groups is 1. The predicted molar refractivity (Wildman–Crippen MR) is 148 cm³/mol. The summed E-state index contributed by atoms with van der Waals surface area (Å²) in [6.07, 6.45) is 0.531. The number of hydrogen-bond acceptors (Lipinski definition) is 6. The lowest BCUT2D eigenvalue weighted by Crippen LogP contribution is -2.46. The van der Waals surface area contributed by atoms with Crippen LogP contribution in [-0.4, -0.2) is 52.9 Å². The average Bonchev–Trinajstić information content (AvgIpc) is 3.50. The Hall–Kier alpha value is -3.42. The van der Waals surface area contributed by atoms with Crippen molar-refractivity contribution in [3.63, 3.8) is 0 Å². The Labute approximate surface area is 251 Å². The van der Waals surface area contributed by atoms with E-state index >= 15 is 0 Å². The SMILES string of the molecule is C[C@H]1[C@@H](CN2CCC[C@H]2CO)O[C@@H](c2ccc(CNC(=O)c3c(F)c(F)c(F)c(F)c3F)cc2)O[C@H]1c1ccc(CO)cc1. The minimum Gasteiger partial charge on any atom is -0.395 e. The van der Waals surface area contributed by atoms with Gasteiger partial charge >= 0.3 is 0 Å². The summed E-state index contributed by atoms with van der Waals surface area (Å²) in [7, 11) is 0. The molecular weight excluding hydrogens is 587 g/mol. The van der Waals surface area contributed by atoms with Crippen LogP contribution in [0.1, 0.15) is 64.8 Å². The lowest BCUT2D eigenvalue weighted by atomic mass is 9.90. The predicted octanol–water partition coefficient (Wildman–Crippen LogP) is 5.05. The first-order valence-corrected chi connectivity index (χ1v) is 14.4. The fraction of sp³-hybridized carbons (Fsp3) is 0.406. The highest BCUT2D eigenvalue weighted by atomic mass is 19.2. The molecule has 3 aromatic carbocycles. The quantitative estimate of drug-likeness (QED) is 0.176. The van der Waals surface area contributed by atoms with E-state index < -0.39 is 46.8 Å². The largest absolute Gasteiger partial charge is 0.395 e. The van der Waals surface area contributed by atoms with Gasteiger partial charge in [-0.1, -0.05) is 55.5 Å². The first-order chi connectivity index (χ1) is 21.1. The number of aliphatic hydroxyl groups is 2. The van der Waals surface area contributed by atoms with Gasteiger partial charge in [-0.25, -0.2) is 22.0 Å². The summed E-state index contributed by atoms with van der Waals surface area (Å²) in [6, 6.07) is 14.2. The molecule has 3 aromatic rings. The van der Waals surface area contributed by atoms with Crippen molar-refractivity contribution in [3.05, 3.63) is 105 Å². The van der Waals surface area contributed by atoms with Crippen LogP contribution in [0.2, 0.25) is 0 Å². The fourth-order valence-electron chi connectivity index (χ4n) is 5.77. The second-order valence-electron chi connectivity index (χ2n) is 11.2. The van der Waals surface area contributed by atoms with Gasteiger partial charge in [0.05, 0.1) is 25.4 Å². The van der Waals surface area contributed by atoms with Crippen molar-refractivity contribution in [1.82, 2.24) is 10.2 Å². The zero-order valence-corrected chi connectivity index (χ0v) is 23.9. The maximum absolute atomic E-state index is 14.0. The molecule has 2 heterocycles. The van der Waals surface area contributed by atoms with Gasteiger partial charge in [-0.3, -0.25) is 9.69 Å². The zero-order chi connectivity index (χ0) is 31.5. The molecule has 44 heavy (non-hydrogen) atoms. The second-order valence-corrected chi connectivity index (χ2v) is 11.2. The molecule has 2 fully saturated rings. The third kappa shape index (κ3) is 6.50. The number of nitrogens with zero attached hydrogens (tertiary/aromatic N) is 1. The van der Waals surface area contributed by atoms with Crippen molar-refractivity contribution in [3.8, 4) is 0 Å². The van der Waals surface area contributed by atoms with Crippen LogP contribution in [-0.2, 0) is 22.6 Å². The molecule has 236 valence electrons. The van der Waals surface area contributed by atoms with Crippen LogP contribution >= 0.6 is 0 Å². The van der Waals surface area contributed by atoms with Crippen molar-refractivity contribution in [2.75, 3.05) is 19.7 Å². The van der Waals surface area contributed by atoms with Gasteiger partial charge in [0.15, 0.2) is 29.6 Å². The third-order valence-electron chi connectivity index (χ3n) is 8.39. The zero-order valence-electron chi connectivity index (χ0n) is 23.9. The summed E-state index contributed by atoms with van der Waals surface area (Å²) in [5.41, 5.74) is 1.29. The van der Waals surface area contributed by atoms with E-state index in [0.717, 1.165) is 30.5 Å². The van der Waals surface area contributed by atoms with Crippen LogP contribution in [0.3, 0.4) is 0 Å². The summed E-state index contributed by atoms with van der Waals surface area (Å²) >= 11 is 0. The Morgan fingerprint density at radius 1 is 0.864 bits per heavy atom. The molecule has 7 nitrogen and oxygen atoms in total. The number of hydrogen-bond donors (Lipinski definition) is 3. The van der Waals surface area contributed by atoms with Gasteiger partial charge in [0.25, 0.3) is 5.91 Å². The molecule has 0 spiro atoms. The monoisotopic (exact) mass is 620 g/mol. The summed E-state index contributed by atoms with van der Waals surface area (Å²) < 4.78 is 81.3. The lowest BCUT2D eigenvalue weighted by molar-refractivity contribution is -0.276. The Morgan fingerprint density at radius 2 is 1.45 bits per heavy atom. The third-order valence-corrected chi connectivity index (χ3v) is 8.39. The van der Waals surface area contributed by atoms with Gasteiger partial charge in [-0.15, -0.1) is 0 Å². The maximum atomic E-state index is 14.0. The Kier molecular flexibility index (Phi) is 9.96. The number of likely N-dealkylation sites (tertiary alicyclic amines) is 1. The van der Waals surface area contributed by atoms with E-state index in [1.54, 1.807) is 24.3 Å². The van der Waals surface area contributed by atoms with Crippen LogP contribution in [0.25, 0.3) is 0 Å². The van der Waals surface area contributed by atoms with E-state index in [-0.39, 0.29) is 43.9 Å². The van der Waals surface area contributed by atoms with Crippen LogP contribution in [0.15, 0.2) is 48.5 Å². The molecule has 3 N–H and O–H groups in total. The summed E-state index contributed by atoms with van der Waals surface area (Å²) in [5, 5.41) is 21.5. The number of halogens is 5. The molecule has 2 aliphatic rings. The van der Waals surface area contributed by atoms with Gasteiger partial charge in [-0.2, -0.15) is 0 Å². The molecule has 0 radical (unpaired) electrons. The van der Waals surface area contributed by atoms with Gasteiger partial charge in [0.2, 0.25) is 5.82 Å². The molecule has 5 rings (SSSR count). The molecule has 0 bridgehead atoms. The van der Waals surface area contributed by atoms with Crippen molar-refractivity contribution in [2.45, 2.75) is 57.5 Å². The molecular formula is C32H33F5N2O5. The Morgan fingerprint density at radius 3 is 2.07 bits per heavy atom. The molecule has 1 amide bonds. The molecule has 0 aliphatic carbocycles. The number of carbonyl (C=O) groups excluding carboxylic acids is 1. The first-order valence-electron chi connectivity index (χ1n) is 14.4. The van der Waals surface area contributed by atoms with Crippen molar-refractivity contribution >= 4 is 5.91 Å². The van der Waals surface area contributed by atoms with Gasteiger partial charge in [0.1, 0.15) is 5.56 Å². The minimum atomic E-state index is -2.34. The van der Waals surface area contributed by atoms with Crippen molar-refractivity contribution in [2.24, 2.45) is 5.92 Å². The number of amides is 1. The summed E-state index contributed by atoms with van der Waals surface area (Å²) in [4.78, 5) is 14.6. The van der Waals surface area contributed by atoms with E-state index in [0.29, 0.717) is 17.7 Å². The Bertz CT molecular complexity index is 1440. The number of benzene rings is 3. The van der Waals surface area contributed by atoms with Gasteiger partial charge in [0, 0.05) is 30.6 Å². The highest BCUT2D eigenvalue weighted by Gasteiger charge is 2.40. The standard InChI is InChI=1S/C32H33F5N2O5/c1-17-23(14-39-12-2-3-22(39)16-41)43-32(44-30(17)20-8-6-19(15-40)7-9-20)21-10-4-18(5-11-21)13-38-31(42)24-25(33)27(35)29(37)28(36)26(24)34/h4-11,17,22-23,30,32,40-41H,2-3,12-16H2,1H3,(H,38,42)/t17-,22-,23+,30+,32+/m0/s1. The van der Waals surface area contributed by atoms with Gasteiger partial charge < -0.3 is 25.0 Å². The topological polar surface area (TPSA) is 91.3 Å². The van der Waals surface area contributed by atoms with E-state index in [2.05, 4.69) is 10.2 Å². The van der Waals surface area contributed by atoms with Crippen LogP contribution in [0.4, 0.5) is 22.0 Å². The molecule has 0 saturated carbocycles. The van der Waals surface area contributed by atoms with E-state index in [1.807, 2.05) is 31.2 Å². The number of aliphatic hydroxyl groups excluding tert-OH is 2. The van der Waals surface area contributed by atoms with Crippen LogP contribution in [0, 0.1) is 35.0 Å². The molecule has 12 heteroatoms. The van der Waals surface area contributed by atoms with Gasteiger partial charge in [-0.05, 0) is 36.1 Å². The first kappa shape index (κ1) is 32.0. The van der Waals surface area contributed by atoms with Crippen LogP contribution < -0.4 is 5.32 Å². The highest BCUT2D eigenvalue weighted by Crippen LogP contribution is 2.42. The van der Waals surface area contributed by atoms with Crippen LogP contribution in [0.5, 0.6) is 0 Å². The minimum absolute atomic E-state index is 0.0532. The lowest BCUT2D eigenvalue weighted by Gasteiger charge is -2.43. The average molecular weight is 621 g/mol. The van der Waals surface area contributed by atoms with Crippen molar-refractivity contribution < 1.29 is 46.4 Å².